The summed E-state index contributed by atoms with van der Waals surface area (Å²) in [4.78, 5) is 12.2. The number of alkyl carbamates (subject to hydrolysis) is 1. The van der Waals surface area contributed by atoms with Crippen LogP contribution in [0, 0.1) is 12.8 Å². The van der Waals surface area contributed by atoms with Crippen molar-refractivity contribution >= 4 is 6.09 Å². The van der Waals surface area contributed by atoms with Crippen LogP contribution in [0.25, 0.3) is 5.69 Å². The van der Waals surface area contributed by atoms with Crippen molar-refractivity contribution in [2.45, 2.75) is 52.0 Å². The molecule has 1 fully saturated rings. The van der Waals surface area contributed by atoms with Gasteiger partial charge in [-0.1, -0.05) is 25.1 Å². The Hall–Kier alpha value is -2.44. The number of amides is 1. The molecule has 2 aromatic rings. The summed E-state index contributed by atoms with van der Waals surface area (Å²) in [7, 11) is 0. The zero-order chi connectivity index (χ0) is 17.9. The fourth-order valence-electron chi connectivity index (χ4n) is 3.47. The van der Waals surface area contributed by atoms with Crippen LogP contribution in [0.4, 0.5) is 4.79 Å². The summed E-state index contributed by atoms with van der Waals surface area (Å²) in [6, 6.07) is 7.95. The maximum atomic E-state index is 12.2. The molecule has 1 N–H and O–H groups in total. The van der Waals surface area contributed by atoms with Gasteiger partial charge in [-0.3, -0.25) is 0 Å². The normalized spacial score (nSPS) is 23.2. The molecular weight excluding hydrogens is 318 g/mol. The molecule has 1 amide bonds. The van der Waals surface area contributed by atoms with Gasteiger partial charge in [-0.25, -0.2) is 4.79 Å². The molecular formula is C18H25N5O2. The quantitative estimate of drug-likeness (QED) is 0.922. The lowest BCUT2D eigenvalue weighted by Gasteiger charge is -2.38. The molecule has 1 aliphatic carbocycles. The van der Waals surface area contributed by atoms with Gasteiger partial charge in [-0.05, 0) is 67.5 Å². The monoisotopic (exact) mass is 343 g/mol. The van der Waals surface area contributed by atoms with E-state index in [9.17, 15) is 4.79 Å². The topological polar surface area (TPSA) is 81.9 Å². The Labute approximate surface area is 147 Å². The average molecular weight is 343 g/mol. The van der Waals surface area contributed by atoms with E-state index in [1.807, 2.05) is 31.2 Å². The van der Waals surface area contributed by atoms with E-state index >= 15 is 0 Å². The largest absolute Gasteiger partial charge is 0.450 e. The molecule has 134 valence electrons. The molecule has 0 saturated heterocycles. The van der Waals surface area contributed by atoms with Crippen LogP contribution in [0.5, 0.6) is 0 Å². The van der Waals surface area contributed by atoms with Crippen LogP contribution in [0.1, 0.15) is 50.9 Å². The number of ether oxygens (including phenoxy) is 1. The Balaban J connectivity index is 2.02. The van der Waals surface area contributed by atoms with E-state index in [-0.39, 0.29) is 0 Å². The number of nitrogens with one attached hydrogen (secondary N) is 1. The number of carbonyl (C=O) groups excluding carboxylic acids is 1. The SMILES string of the molecule is CCOC(=O)NC1(c2nnnn2-c2ccccc2C)CCC(C)CC1. The van der Waals surface area contributed by atoms with Crippen molar-refractivity contribution < 1.29 is 9.53 Å². The summed E-state index contributed by atoms with van der Waals surface area (Å²) in [6.07, 6.45) is 3.18. The zero-order valence-electron chi connectivity index (χ0n) is 15.0. The van der Waals surface area contributed by atoms with Crippen LogP contribution in [-0.2, 0) is 10.3 Å². The molecule has 1 aromatic carbocycles. The molecule has 0 aliphatic heterocycles. The van der Waals surface area contributed by atoms with Gasteiger partial charge in [-0.15, -0.1) is 5.10 Å². The summed E-state index contributed by atoms with van der Waals surface area (Å²) >= 11 is 0. The van der Waals surface area contributed by atoms with Crippen LogP contribution >= 0.6 is 0 Å². The van der Waals surface area contributed by atoms with Crippen molar-refractivity contribution in [3.8, 4) is 5.69 Å². The molecule has 25 heavy (non-hydrogen) atoms. The smallest absolute Gasteiger partial charge is 0.407 e. The first-order valence-electron chi connectivity index (χ1n) is 8.85. The second-order valence-corrected chi connectivity index (χ2v) is 6.81. The number of para-hydroxylation sites is 1. The molecule has 0 spiro atoms. The molecule has 0 bridgehead atoms. The van der Waals surface area contributed by atoms with Crippen molar-refractivity contribution in [2.75, 3.05) is 6.61 Å². The Morgan fingerprint density at radius 3 is 2.76 bits per heavy atom. The van der Waals surface area contributed by atoms with E-state index in [1.54, 1.807) is 11.6 Å². The third-order valence-electron chi connectivity index (χ3n) is 4.99. The average Bonchev–Trinajstić information content (AvgIpc) is 3.08. The third kappa shape index (κ3) is 3.50. The van der Waals surface area contributed by atoms with Gasteiger partial charge in [-0.2, -0.15) is 4.68 Å². The van der Waals surface area contributed by atoms with E-state index in [0.717, 1.165) is 36.9 Å². The number of aromatic nitrogens is 4. The van der Waals surface area contributed by atoms with Crippen molar-refractivity contribution in [3.63, 3.8) is 0 Å². The second kappa shape index (κ2) is 7.21. The first-order valence-corrected chi connectivity index (χ1v) is 8.85. The van der Waals surface area contributed by atoms with Crippen molar-refractivity contribution in [2.24, 2.45) is 5.92 Å². The van der Waals surface area contributed by atoms with Crippen LogP contribution in [0.15, 0.2) is 24.3 Å². The second-order valence-electron chi connectivity index (χ2n) is 6.81. The van der Waals surface area contributed by atoms with Crippen LogP contribution < -0.4 is 5.32 Å². The summed E-state index contributed by atoms with van der Waals surface area (Å²) in [5.41, 5.74) is 1.39. The number of hydrogen-bond donors (Lipinski definition) is 1. The predicted octanol–water partition coefficient (Wildman–Crippen LogP) is 3.12. The van der Waals surface area contributed by atoms with Gasteiger partial charge >= 0.3 is 6.09 Å². The van der Waals surface area contributed by atoms with E-state index in [4.69, 9.17) is 4.74 Å². The fraction of sp³-hybridized carbons (Fsp3) is 0.556. The van der Waals surface area contributed by atoms with Crippen LogP contribution in [0.3, 0.4) is 0 Å². The Bertz CT molecular complexity index is 735. The van der Waals surface area contributed by atoms with Gasteiger partial charge in [0, 0.05) is 0 Å². The minimum atomic E-state index is -0.607. The Morgan fingerprint density at radius 2 is 2.08 bits per heavy atom. The third-order valence-corrected chi connectivity index (χ3v) is 4.99. The summed E-state index contributed by atoms with van der Waals surface area (Å²) in [6.45, 7) is 6.39. The highest BCUT2D eigenvalue weighted by Gasteiger charge is 2.42. The van der Waals surface area contributed by atoms with Crippen LogP contribution in [0.2, 0.25) is 0 Å². The van der Waals surface area contributed by atoms with E-state index in [2.05, 4.69) is 27.8 Å². The minimum Gasteiger partial charge on any atom is -0.450 e. The Kier molecular flexibility index (Phi) is 5.01. The van der Waals surface area contributed by atoms with Crippen molar-refractivity contribution in [3.05, 3.63) is 35.7 Å². The standard InChI is InChI=1S/C18H25N5O2/c1-4-25-17(24)19-18(11-9-13(2)10-12-18)16-20-21-22-23(16)15-8-6-5-7-14(15)3/h5-8,13H,4,9-12H2,1-3H3,(H,19,24). The predicted molar refractivity (Wildman–Crippen MR) is 93.4 cm³/mol. The first-order chi connectivity index (χ1) is 12.1. The number of tetrazole rings is 1. The minimum absolute atomic E-state index is 0.334. The first kappa shape index (κ1) is 17.4. The molecule has 0 radical (unpaired) electrons. The van der Waals surface area contributed by atoms with E-state index in [0.29, 0.717) is 18.3 Å². The number of benzene rings is 1. The molecule has 1 saturated carbocycles. The lowest BCUT2D eigenvalue weighted by Crippen LogP contribution is -2.50. The highest BCUT2D eigenvalue weighted by Crippen LogP contribution is 2.39. The van der Waals surface area contributed by atoms with Crippen LogP contribution in [-0.4, -0.2) is 32.9 Å². The molecule has 1 heterocycles. The number of nitrogens with zero attached hydrogens (tertiary/aromatic N) is 4. The molecule has 7 nitrogen and oxygen atoms in total. The van der Waals surface area contributed by atoms with Crippen molar-refractivity contribution in [1.29, 1.82) is 0 Å². The van der Waals surface area contributed by atoms with Gasteiger partial charge < -0.3 is 10.1 Å². The summed E-state index contributed by atoms with van der Waals surface area (Å²) in [5.74, 6) is 1.29. The van der Waals surface area contributed by atoms with Gasteiger partial charge in [0.2, 0.25) is 0 Å². The highest BCUT2D eigenvalue weighted by molar-refractivity contribution is 5.68. The maximum absolute atomic E-state index is 12.2. The van der Waals surface area contributed by atoms with E-state index < -0.39 is 11.6 Å². The molecule has 7 heteroatoms. The molecule has 0 atom stereocenters. The van der Waals surface area contributed by atoms with Gasteiger partial charge in [0.05, 0.1) is 12.3 Å². The fourth-order valence-corrected chi connectivity index (χ4v) is 3.47. The molecule has 1 aliphatic rings. The Morgan fingerprint density at radius 1 is 1.36 bits per heavy atom. The van der Waals surface area contributed by atoms with E-state index in [1.165, 1.54) is 0 Å². The molecule has 3 rings (SSSR count). The zero-order valence-corrected chi connectivity index (χ0v) is 15.0. The van der Waals surface area contributed by atoms with Gasteiger partial charge in [0.25, 0.3) is 0 Å². The lowest BCUT2D eigenvalue weighted by molar-refractivity contribution is 0.117. The maximum Gasteiger partial charge on any atom is 0.407 e. The molecule has 0 unspecified atom stereocenters. The highest BCUT2D eigenvalue weighted by atomic mass is 16.5. The number of carbonyl (C=O) groups is 1. The number of aryl methyl sites for hydroxylation is 1. The summed E-state index contributed by atoms with van der Waals surface area (Å²) < 4.78 is 6.88. The van der Waals surface area contributed by atoms with Gasteiger partial charge in [0.15, 0.2) is 5.82 Å². The lowest BCUT2D eigenvalue weighted by atomic mass is 9.76. The van der Waals surface area contributed by atoms with Gasteiger partial charge in [0.1, 0.15) is 5.54 Å². The number of rotatable bonds is 4. The van der Waals surface area contributed by atoms with Crippen molar-refractivity contribution in [1.82, 2.24) is 25.5 Å². The summed E-state index contributed by atoms with van der Waals surface area (Å²) in [5, 5.41) is 15.5. The number of hydrogen-bond acceptors (Lipinski definition) is 5. The molecule has 1 aromatic heterocycles.